The van der Waals surface area contributed by atoms with Crippen molar-refractivity contribution in [3.63, 3.8) is 0 Å². The Morgan fingerprint density at radius 2 is 1.70 bits per heavy atom. The van der Waals surface area contributed by atoms with Crippen molar-refractivity contribution >= 4 is 5.97 Å². The highest BCUT2D eigenvalue weighted by molar-refractivity contribution is 5.71. The molecule has 23 heavy (non-hydrogen) atoms. The van der Waals surface area contributed by atoms with Gasteiger partial charge in [0, 0.05) is 5.56 Å². The lowest BCUT2D eigenvalue weighted by Gasteiger charge is -2.13. The standard InChI is InChI=1S/C16H13F3O4/c17-16(18,19)23-14-4-2-1-3-13(14)11-5-7-12(8-6-11)22-10-9-15(20)21/h1-8H,9-10H2,(H,20,21). The van der Waals surface area contributed by atoms with Gasteiger partial charge in [-0.15, -0.1) is 13.2 Å². The van der Waals surface area contributed by atoms with Crippen molar-refractivity contribution in [1.82, 2.24) is 0 Å². The van der Waals surface area contributed by atoms with Crippen LogP contribution >= 0.6 is 0 Å². The van der Waals surface area contributed by atoms with Crippen molar-refractivity contribution in [3.8, 4) is 22.6 Å². The number of carbonyl (C=O) groups is 1. The maximum absolute atomic E-state index is 12.4. The van der Waals surface area contributed by atoms with Crippen LogP contribution in [0.1, 0.15) is 6.42 Å². The SMILES string of the molecule is O=C(O)CCOc1ccc(-c2ccccc2OC(F)(F)F)cc1. The number of aliphatic carboxylic acids is 1. The topological polar surface area (TPSA) is 55.8 Å². The third kappa shape index (κ3) is 5.21. The fourth-order valence-corrected chi connectivity index (χ4v) is 1.91. The van der Waals surface area contributed by atoms with Crippen LogP contribution in [0.5, 0.6) is 11.5 Å². The summed E-state index contributed by atoms with van der Waals surface area (Å²) < 4.78 is 46.5. The first-order valence-electron chi connectivity index (χ1n) is 6.65. The van der Waals surface area contributed by atoms with Gasteiger partial charge in [0.15, 0.2) is 0 Å². The first-order valence-corrected chi connectivity index (χ1v) is 6.65. The monoisotopic (exact) mass is 326 g/mol. The molecule has 0 radical (unpaired) electrons. The van der Waals surface area contributed by atoms with Crippen molar-refractivity contribution < 1.29 is 32.5 Å². The van der Waals surface area contributed by atoms with Crippen LogP contribution in [0.15, 0.2) is 48.5 Å². The van der Waals surface area contributed by atoms with Gasteiger partial charge in [0.05, 0.1) is 13.0 Å². The Balaban J connectivity index is 2.15. The second-order valence-electron chi connectivity index (χ2n) is 4.56. The van der Waals surface area contributed by atoms with Gasteiger partial charge in [-0.2, -0.15) is 0 Å². The maximum Gasteiger partial charge on any atom is 0.573 e. The van der Waals surface area contributed by atoms with Crippen molar-refractivity contribution in [2.24, 2.45) is 0 Å². The van der Waals surface area contributed by atoms with Gasteiger partial charge in [0.2, 0.25) is 0 Å². The summed E-state index contributed by atoms with van der Waals surface area (Å²) in [6, 6.07) is 12.1. The van der Waals surface area contributed by atoms with Crippen molar-refractivity contribution in [1.29, 1.82) is 0 Å². The zero-order valence-corrected chi connectivity index (χ0v) is 11.8. The molecule has 122 valence electrons. The third-order valence-electron chi connectivity index (χ3n) is 2.86. The molecule has 0 aromatic heterocycles. The van der Waals surface area contributed by atoms with E-state index in [9.17, 15) is 18.0 Å². The summed E-state index contributed by atoms with van der Waals surface area (Å²) in [5.74, 6) is -0.830. The smallest absolute Gasteiger partial charge is 0.493 e. The second-order valence-corrected chi connectivity index (χ2v) is 4.56. The fraction of sp³-hybridized carbons (Fsp3) is 0.188. The number of alkyl halides is 3. The minimum atomic E-state index is -4.77. The van der Waals surface area contributed by atoms with E-state index in [2.05, 4.69) is 4.74 Å². The molecule has 1 N–H and O–H groups in total. The van der Waals surface area contributed by atoms with E-state index in [4.69, 9.17) is 9.84 Å². The number of benzene rings is 2. The molecule has 2 rings (SSSR count). The van der Waals surface area contributed by atoms with Crippen molar-refractivity contribution in [2.75, 3.05) is 6.61 Å². The summed E-state index contributed by atoms with van der Waals surface area (Å²) >= 11 is 0. The molecule has 7 heteroatoms. The van der Waals surface area contributed by atoms with Crippen molar-refractivity contribution in [2.45, 2.75) is 12.8 Å². The minimum absolute atomic E-state index is 0.0163. The molecular weight excluding hydrogens is 313 g/mol. The van der Waals surface area contributed by atoms with Crippen molar-refractivity contribution in [3.05, 3.63) is 48.5 Å². The molecule has 2 aromatic rings. The number of hydrogen-bond acceptors (Lipinski definition) is 3. The van der Waals surface area contributed by atoms with E-state index in [0.29, 0.717) is 16.9 Å². The van der Waals surface area contributed by atoms with Gasteiger partial charge in [0.25, 0.3) is 0 Å². The van der Waals surface area contributed by atoms with Crippen LogP contribution < -0.4 is 9.47 Å². The Hall–Kier alpha value is -2.70. The van der Waals surface area contributed by atoms with Gasteiger partial charge < -0.3 is 14.6 Å². The Morgan fingerprint density at radius 1 is 1.04 bits per heavy atom. The normalized spacial score (nSPS) is 11.1. The molecule has 0 saturated heterocycles. The molecular formula is C16H13F3O4. The molecule has 2 aromatic carbocycles. The van der Waals surface area contributed by atoms with Gasteiger partial charge in [-0.1, -0.05) is 30.3 Å². The van der Waals surface area contributed by atoms with E-state index in [0.717, 1.165) is 0 Å². The molecule has 0 atom stereocenters. The van der Waals surface area contributed by atoms with Crippen LogP contribution in [0.2, 0.25) is 0 Å². The first kappa shape index (κ1) is 16.7. The third-order valence-corrected chi connectivity index (χ3v) is 2.86. The molecule has 0 unspecified atom stereocenters. The number of halogens is 3. The molecule has 0 aliphatic carbocycles. The van der Waals surface area contributed by atoms with E-state index in [1.54, 1.807) is 30.3 Å². The predicted octanol–water partition coefficient (Wildman–Crippen LogP) is 4.11. The van der Waals surface area contributed by atoms with Gasteiger partial charge in [-0.25, -0.2) is 0 Å². The quantitative estimate of drug-likeness (QED) is 0.868. The van der Waals surface area contributed by atoms with E-state index in [-0.39, 0.29) is 18.8 Å². The average Bonchev–Trinajstić information content (AvgIpc) is 2.47. The molecule has 0 spiro atoms. The highest BCUT2D eigenvalue weighted by Crippen LogP contribution is 2.34. The summed E-state index contributed by atoms with van der Waals surface area (Å²) in [7, 11) is 0. The molecule has 0 heterocycles. The Labute approximate surface area is 130 Å². The van der Waals surface area contributed by atoms with E-state index < -0.39 is 12.3 Å². The molecule has 4 nitrogen and oxygen atoms in total. The molecule has 0 bridgehead atoms. The van der Waals surface area contributed by atoms with Crippen LogP contribution in [-0.2, 0) is 4.79 Å². The summed E-state index contributed by atoms with van der Waals surface area (Å²) in [4.78, 5) is 10.4. The number of carboxylic acid groups (broad SMARTS) is 1. The number of ether oxygens (including phenoxy) is 2. The predicted molar refractivity (Wildman–Crippen MR) is 76.3 cm³/mol. The molecule has 0 aliphatic heterocycles. The molecule has 0 aliphatic rings. The van der Waals surface area contributed by atoms with E-state index in [1.165, 1.54) is 18.2 Å². The summed E-state index contributed by atoms with van der Waals surface area (Å²) in [5.41, 5.74) is 0.817. The van der Waals surface area contributed by atoms with Crippen LogP contribution in [-0.4, -0.2) is 24.0 Å². The lowest BCUT2D eigenvalue weighted by molar-refractivity contribution is -0.274. The lowest BCUT2D eigenvalue weighted by atomic mass is 10.0. The number of rotatable bonds is 6. The van der Waals surface area contributed by atoms with Crippen LogP contribution in [0.25, 0.3) is 11.1 Å². The summed E-state index contributed by atoms with van der Waals surface area (Å²) in [5, 5.41) is 8.52. The van der Waals surface area contributed by atoms with Crippen LogP contribution in [0, 0.1) is 0 Å². The van der Waals surface area contributed by atoms with Gasteiger partial charge in [-0.05, 0) is 23.8 Å². The Bertz CT molecular complexity index is 666. The maximum atomic E-state index is 12.4. The zero-order chi connectivity index (χ0) is 16.9. The summed E-state index contributed by atoms with van der Waals surface area (Å²) in [6.07, 6.45) is -4.90. The van der Waals surface area contributed by atoms with Crippen LogP contribution in [0.3, 0.4) is 0 Å². The molecule has 0 amide bonds. The largest absolute Gasteiger partial charge is 0.573 e. The minimum Gasteiger partial charge on any atom is -0.493 e. The Morgan fingerprint density at radius 3 is 2.30 bits per heavy atom. The molecule has 0 saturated carbocycles. The fourth-order valence-electron chi connectivity index (χ4n) is 1.91. The van der Waals surface area contributed by atoms with Gasteiger partial charge >= 0.3 is 12.3 Å². The first-order chi connectivity index (χ1) is 10.8. The number of para-hydroxylation sites is 1. The summed E-state index contributed by atoms with van der Waals surface area (Å²) in [6.45, 7) is 0.0163. The van der Waals surface area contributed by atoms with Crippen LogP contribution in [0.4, 0.5) is 13.2 Å². The Kier molecular flexibility index (Phi) is 5.10. The second kappa shape index (κ2) is 7.04. The van der Waals surface area contributed by atoms with E-state index >= 15 is 0 Å². The highest BCUT2D eigenvalue weighted by atomic mass is 19.4. The lowest BCUT2D eigenvalue weighted by Crippen LogP contribution is -2.17. The van der Waals surface area contributed by atoms with E-state index in [1.807, 2.05) is 0 Å². The number of hydrogen-bond donors (Lipinski definition) is 1. The average molecular weight is 326 g/mol. The van der Waals surface area contributed by atoms with Gasteiger partial charge in [0.1, 0.15) is 11.5 Å². The highest BCUT2D eigenvalue weighted by Gasteiger charge is 2.32. The van der Waals surface area contributed by atoms with Gasteiger partial charge in [-0.3, -0.25) is 4.79 Å². The number of carboxylic acids is 1. The molecule has 0 fully saturated rings. The zero-order valence-electron chi connectivity index (χ0n) is 11.8.